The van der Waals surface area contributed by atoms with Crippen LogP contribution in [0.4, 0.5) is 9.93 Å². The van der Waals surface area contributed by atoms with Crippen LogP contribution in [-0.2, 0) is 33.4 Å². The number of thiazole rings is 1. The Morgan fingerprint density at radius 2 is 1.90 bits per heavy atom. The summed E-state index contributed by atoms with van der Waals surface area (Å²) in [6.45, 7) is 5.10. The molecule has 0 aromatic carbocycles. The van der Waals surface area contributed by atoms with E-state index >= 15 is 0 Å². The van der Waals surface area contributed by atoms with E-state index in [4.69, 9.17) is 19.9 Å². The molecule has 4 N–H and O–H groups in total. The van der Waals surface area contributed by atoms with Gasteiger partial charge in [0.15, 0.2) is 10.8 Å². The number of nitrogen functional groups attached to an aromatic ring is 1. The number of carbonyl (C=O) groups is 5. The number of fused-ring (bicyclic) bond motifs is 1. The number of anilines is 1. The fraction of sp³-hybridized carbons (Fsp3) is 0.542. The van der Waals surface area contributed by atoms with Crippen molar-refractivity contribution in [3.8, 4) is 0 Å². The SMILES string of the molecule is CC(C)(C)C(=O)OCOC(=O)C1=C(COC(=O)N2CCCC2)CS[C@@H]2[C@H](NC(=O)/C(=N\O)c3csc(N)n3)C(=O)N12. The molecule has 222 valence electrons. The lowest BCUT2D eigenvalue weighted by molar-refractivity contribution is -0.173. The fourth-order valence-electron chi connectivity index (χ4n) is 4.16. The van der Waals surface area contributed by atoms with E-state index in [1.54, 1.807) is 25.7 Å². The van der Waals surface area contributed by atoms with Crippen molar-refractivity contribution in [1.82, 2.24) is 20.1 Å². The first kappa shape index (κ1) is 30.1. The lowest BCUT2D eigenvalue weighted by Crippen LogP contribution is -2.71. The van der Waals surface area contributed by atoms with Gasteiger partial charge in [-0.3, -0.25) is 19.3 Å². The largest absolute Gasteiger partial charge is 0.445 e. The van der Waals surface area contributed by atoms with Gasteiger partial charge in [-0.1, -0.05) is 5.16 Å². The molecule has 4 rings (SSSR count). The van der Waals surface area contributed by atoms with Crippen LogP contribution in [0.2, 0.25) is 0 Å². The van der Waals surface area contributed by atoms with Gasteiger partial charge < -0.3 is 35.4 Å². The highest BCUT2D eigenvalue weighted by molar-refractivity contribution is 8.00. The van der Waals surface area contributed by atoms with Crippen LogP contribution >= 0.6 is 23.1 Å². The summed E-state index contributed by atoms with van der Waals surface area (Å²) in [7, 11) is 0. The smallest absolute Gasteiger partial charge is 0.410 e. The van der Waals surface area contributed by atoms with Gasteiger partial charge in [0, 0.05) is 29.8 Å². The van der Waals surface area contributed by atoms with Gasteiger partial charge in [0.25, 0.3) is 11.8 Å². The minimum Gasteiger partial charge on any atom is -0.445 e. The molecule has 0 spiro atoms. The summed E-state index contributed by atoms with van der Waals surface area (Å²) in [5.74, 6) is -2.90. The molecular weight excluding hydrogens is 580 g/mol. The highest BCUT2D eigenvalue weighted by Gasteiger charge is 2.55. The molecule has 3 aliphatic heterocycles. The first-order valence-corrected chi connectivity index (χ1v) is 14.5. The van der Waals surface area contributed by atoms with Crippen molar-refractivity contribution in [2.75, 3.05) is 38.0 Å². The van der Waals surface area contributed by atoms with Gasteiger partial charge >= 0.3 is 18.0 Å². The molecular formula is C24H30N6O9S2. The number of amides is 3. The van der Waals surface area contributed by atoms with E-state index < -0.39 is 59.2 Å². The van der Waals surface area contributed by atoms with Crippen LogP contribution in [0.3, 0.4) is 0 Å². The maximum Gasteiger partial charge on any atom is 0.410 e. The second kappa shape index (κ2) is 12.3. The minimum atomic E-state index is -1.07. The van der Waals surface area contributed by atoms with E-state index in [9.17, 15) is 29.2 Å². The van der Waals surface area contributed by atoms with Crippen LogP contribution in [0.25, 0.3) is 0 Å². The maximum atomic E-state index is 13.2. The molecule has 1 aromatic rings. The molecule has 2 fully saturated rings. The number of thioether (sulfide) groups is 1. The molecule has 3 amide bonds. The van der Waals surface area contributed by atoms with Crippen LogP contribution in [0.5, 0.6) is 0 Å². The third kappa shape index (κ3) is 6.56. The molecule has 1 aromatic heterocycles. The lowest BCUT2D eigenvalue weighted by atomic mass is 9.98. The number of rotatable bonds is 8. The molecule has 0 saturated carbocycles. The Morgan fingerprint density at radius 1 is 1.20 bits per heavy atom. The predicted octanol–water partition coefficient (Wildman–Crippen LogP) is 0.880. The average molecular weight is 611 g/mol. The topological polar surface area (TPSA) is 203 Å². The first-order valence-electron chi connectivity index (χ1n) is 12.6. The van der Waals surface area contributed by atoms with Gasteiger partial charge in [-0.15, -0.1) is 23.1 Å². The van der Waals surface area contributed by atoms with Crippen molar-refractivity contribution in [2.45, 2.75) is 45.0 Å². The lowest BCUT2D eigenvalue weighted by Gasteiger charge is -2.49. The number of esters is 2. The van der Waals surface area contributed by atoms with E-state index in [0.29, 0.717) is 18.7 Å². The molecule has 41 heavy (non-hydrogen) atoms. The quantitative estimate of drug-likeness (QED) is 0.0938. The van der Waals surface area contributed by atoms with Crippen molar-refractivity contribution < 1.29 is 43.4 Å². The summed E-state index contributed by atoms with van der Waals surface area (Å²) in [6, 6.07) is -1.07. The van der Waals surface area contributed by atoms with Gasteiger partial charge in [-0.25, -0.2) is 14.6 Å². The summed E-state index contributed by atoms with van der Waals surface area (Å²) in [5.41, 5.74) is 4.52. The van der Waals surface area contributed by atoms with Crippen LogP contribution < -0.4 is 11.1 Å². The molecule has 0 unspecified atom stereocenters. The molecule has 2 atom stereocenters. The Hall–Kier alpha value is -3.86. The van der Waals surface area contributed by atoms with Crippen molar-refractivity contribution in [3.05, 3.63) is 22.3 Å². The second-order valence-electron chi connectivity index (χ2n) is 10.3. The van der Waals surface area contributed by atoms with Gasteiger partial charge in [0.05, 0.1) is 5.41 Å². The zero-order valence-corrected chi connectivity index (χ0v) is 24.2. The van der Waals surface area contributed by atoms with Gasteiger partial charge in [0.2, 0.25) is 6.79 Å². The molecule has 0 radical (unpaired) electrons. The zero-order chi connectivity index (χ0) is 29.9. The number of nitrogens with two attached hydrogens (primary N) is 1. The molecule has 0 bridgehead atoms. The Kier molecular flexibility index (Phi) is 9.06. The zero-order valence-electron chi connectivity index (χ0n) is 22.6. The summed E-state index contributed by atoms with van der Waals surface area (Å²) in [5, 5.41) is 15.7. The molecule has 15 nitrogen and oxygen atoms in total. The number of carbonyl (C=O) groups excluding carboxylic acids is 5. The number of nitrogens with one attached hydrogen (secondary N) is 1. The minimum absolute atomic E-state index is 0.0310. The number of aromatic nitrogens is 1. The van der Waals surface area contributed by atoms with Crippen molar-refractivity contribution in [1.29, 1.82) is 0 Å². The molecule has 0 aliphatic carbocycles. The van der Waals surface area contributed by atoms with Gasteiger partial charge in [0.1, 0.15) is 29.4 Å². The molecule has 3 aliphatic rings. The highest BCUT2D eigenvalue weighted by Crippen LogP contribution is 2.41. The van der Waals surface area contributed by atoms with E-state index in [2.05, 4.69) is 15.5 Å². The van der Waals surface area contributed by atoms with E-state index in [1.807, 2.05) is 0 Å². The molecule has 4 heterocycles. The van der Waals surface area contributed by atoms with E-state index in [0.717, 1.165) is 29.1 Å². The Balaban J connectivity index is 1.49. The number of oxime groups is 1. The van der Waals surface area contributed by atoms with E-state index in [1.165, 1.54) is 17.1 Å². The number of ether oxygens (including phenoxy) is 3. The third-order valence-corrected chi connectivity index (χ3v) is 8.35. The summed E-state index contributed by atoms with van der Waals surface area (Å²) in [4.78, 5) is 70.3. The molecule has 2 saturated heterocycles. The third-order valence-electron chi connectivity index (χ3n) is 6.33. The highest BCUT2D eigenvalue weighted by atomic mass is 32.2. The van der Waals surface area contributed by atoms with Crippen LogP contribution in [-0.4, -0.2) is 99.2 Å². The monoisotopic (exact) mass is 610 g/mol. The standard InChI is InChI=1S/C24H30N6O9S2/c1-24(2,3)21(34)39-11-38-20(33)16-12(8-37-23(35)29-6-4-5-7-29)9-40-19-15(18(32)30(16)19)27-17(31)14(28-36)13-10-41-22(25)26-13/h10,15,19,36H,4-9,11H2,1-3H3,(H2,25,26)(H,27,31)/b28-14-/t15-,19-/m1/s1. The normalized spacial score (nSPS) is 20.8. The van der Waals surface area contributed by atoms with Crippen LogP contribution in [0.1, 0.15) is 39.3 Å². The van der Waals surface area contributed by atoms with Crippen LogP contribution in [0.15, 0.2) is 21.8 Å². The number of β-lactam (4-membered cyclic amide) rings is 1. The number of nitrogens with zero attached hydrogens (tertiary/aromatic N) is 4. The van der Waals surface area contributed by atoms with E-state index in [-0.39, 0.29) is 28.9 Å². The van der Waals surface area contributed by atoms with Crippen LogP contribution in [0, 0.1) is 5.41 Å². The Morgan fingerprint density at radius 3 is 2.51 bits per heavy atom. The summed E-state index contributed by atoms with van der Waals surface area (Å²) in [6.07, 6.45) is 1.20. The number of hydrogen-bond acceptors (Lipinski definition) is 14. The van der Waals surface area contributed by atoms with Crippen molar-refractivity contribution in [3.63, 3.8) is 0 Å². The summed E-state index contributed by atoms with van der Waals surface area (Å²) >= 11 is 2.27. The van der Waals surface area contributed by atoms with Crippen molar-refractivity contribution >= 4 is 63.8 Å². The Labute approximate surface area is 243 Å². The summed E-state index contributed by atoms with van der Waals surface area (Å²) < 4.78 is 15.6. The maximum absolute atomic E-state index is 13.2. The average Bonchev–Trinajstić information content (AvgIpc) is 3.62. The first-order chi connectivity index (χ1) is 19.4. The number of hydrogen-bond donors (Lipinski definition) is 3. The van der Waals surface area contributed by atoms with Gasteiger partial charge in [-0.05, 0) is 33.6 Å². The fourth-order valence-corrected chi connectivity index (χ4v) is 6.04. The molecule has 17 heteroatoms. The van der Waals surface area contributed by atoms with Crippen molar-refractivity contribution in [2.24, 2.45) is 10.6 Å². The number of likely N-dealkylation sites (tertiary alicyclic amines) is 1. The second-order valence-corrected chi connectivity index (χ2v) is 12.3. The van der Waals surface area contributed by atoms with Gasteiger partial charge in [-0.2, -0.15) is 0 Å². The predicted molar refractivity (Wildman–Crippen MR) is 146 cm³/mol. The Bertz CT molecular complexity index is 1300.